The summed E-state index contributed by atoms with van der Waals surface area (Å²) < 4.78 is 1.05. The zero-order chi connectivity index (χ0) is 19.2. The van der Waals surface area contributed by atoms with Gasteiger partial charge in [-0.1, -0.05) is 36.4 Å². The second kappa shape index (κ2) is 8.64. The molecule has 3 aromatic rings. The van der Waals surface area contributed by atoms with E-state index in [4.69, 9.17) is 0 Å². The number of rotatable bonds is 7. The zero-order valence-electron chi connectivity index (χ0n) is 15.0. The van der Waals surface area contributed by atoms with E-state index in [-0.39, 0.29) is 18.2 Å². The molecule has 0 fully saturated rings. The summed E-state index contributed by atoms with van der Waals surface area (Å²) in [6.45, 7) is 2.05. The highest BCUT2D eigenvalue weighted by molar-refractivity contribution is 7.09. The van der Waals surface area contributed by atoms with E-state index in [2.05, 4.69) is 10.3 Å². The molecule has 140 valence electrons. The lowest BCUT2D eigenvalue weighted by Crippen LogP contribution is -2.42. The first-order chi connectivity index (χ1) is 13.0. The quantitative estimate of drug-likeness (QED) is 0.657. The van der Waals surface area contributed by atoms with Crippen molar-refractivity contribution in [1.82, 2.24) is 14.9 Å². The summed E-state index contributed by atoms with van der Waals surface area (Å²) >= 11 is 1.45. The number of benzene rings is 1. The largest absolute Gasteiger partial charge is 0.349 e. The van der Waals surface area contributed by atoms with Gasteiger partial charge in [0.05, 0.1) is 6.54 Å². The van der Waals surface area contributed by atoms with Crippen molar-refractivity contribution in [2.45, 2.75) is 32.4 Å². The van der Waals surface area contributed by atoms with E-state index in [1.807, 2.05) is 54.8 Å². The summed E-state index contributed by atoms with van der Waals surface area (Å²) in [4.78, 5) is 40.5. The van der Waals surface area contributed by atoms with Crippen molar-refractivity contribution in [2.75, 3.05) is 0 Å². The lowest BCUT2D eigenvalue weighted by molar-refractivity contribution is 0.0935. The van der Waals surface area contributed by atoms with Gasteiger partial charge in [-0.05, 0) is 36.8 Å². The Balaban J connectivity index is 1.69. The lowest BCUT2D eigenvalue weighted by Gasteiger charge is -2.14. The summed E-state index contributed by atoms with van der Waals surface area (Å²) in [6, 6.07) is 13.6. The maximum absolute atomic E-state index is 12.6. The third-order valence-corrected chi connectivity index (χ3v) is 5.15. The number of hydrogen-bond acceptors (Lipinski definition) is 4. The Kier molecular flexibility index (Phi) is 6.03. The molecule has 0 bridgehead atoms. The predicted octanol–water partition coefficient (Wildman–Crippen LogP) is 2.40. The second-order valence-electron chi connectivity index (χ2n) is 6.38. The summed E-state index contributed by atoms with van der Waals surface area (Å²) in [5.41, 5.74) is 0.0284. The fourth-order valence-electron chi connectivity index (χ4n) is 2.78. The van der Waals surface area contributed by atoms with Crippen LogP contribution in [0.5, 0.6) is 0 Å². The third-order valence-electron chi connectivity index (χ3n) is 4.29. The van der Waals surface area contributed by atoms with Crippen LogP contribution in [0.3, 0.4) is 0 Å². The highest BCUT2D eigenvalue weighted by Crippen LogP contribution is 2.08. The van der Waals surface area contributed by atoms with Crippen molar-refractivity contribution >= 4 is 17.2 Å². The van der Waals surface area contributed by atoms with Crippen LogP contribution in [0, 0.1) is 0 Å². The van der Waals surface area contributed by atoms with Crippen LogP contribution in [-0.2, 0) is 13.0 Å². The molecule has 0 aliphatic carbocycles. The second-order valence-corrected chi connectivity index (χ2v) is 7.41. The summed E-state index contributed by atoms with van der Waals surface area (Å²) in [5.74, 6) is -0.475. The number of nitrogens with one attached hydrogen (secondary N) is 2. The molecule has 2 N–H and O–H groups in total. The molecule has 3 rings (SSSR count). The van der Waals surface area contributed by atoms with E-state index < -0.39 is 17.2 Å². The molecule has 27 heavy (non-hydrogen) atoms. The fourth-order valence-corrected chi connectivity index (χ4v) is 3.47. The molecule has 0 spiro atoms. The molecule has 1 atom stereocenters. The van der Waals surface area contributed by atoms with Crippen molar-refractivity contribution in [3.8, 4) is 0 Å². The Morgan fingerprint density at radius 2 is 1.96 bits per heavy atom. The van der Waals surface area contributed by atoms with Gasteiger partial charge in [-0.2, -0.15) is 0 Å². The molecule has 0 aliphatic rings. The topological polar surface area (TPSA) is 84.0 Å². The number of nitrogens with zero attached hydrogens (tertiary/aromatic N) is 1. The van der Waals surface area contributed by atoms with E-state index in [1.165, 1.54) is 23.1 Å². The minimum atomic E-state index is -0.583. The summed E-state index contributed by atoms with van der Waals surface area (Å²) in [7, 11) is 0. The van der Waals surface area contributed by atoms with Crippen molar-refractivity contribution in [1.29, 1.82) is 0 Å². The highest BCUT2D eigenvalue weighted by Gasteiger charge is 2.17. The van der Waals surface area contributed by atoms with E-state index in [0.29, 0.717) is 0 Å². The average molecular weight is 383 g/mol. The Labute approximate surface area is 160 Å². The standard InChI is InChI=1S/C20H21N3O3S/c1-14(9-10-15-6-3-2-4-7-15)22-18(24)17-12-21-20(26)23(19(17)25)13-16-8-5-11-27-16/h2-8,11-12,14H,9-10,13H2,1H3,(H,21,26)(H,22,24). The molecule has 0 saturated heterocycles. The van der Waals surface area contributed by atoms with E-state index in [9.17, 15) is 14.4 Å². The molecule has 1 amide bonds. The van der Waals surface area contributed by atoms with Gasteiger partial charge in [0.2, 0.25) is 0 Å². The van der Waals surface area contributed by atoms with E-state index in [1.54, 1.807) is 0 Å². The van der Waals surface area contributed by atoms with Crippen molar-refractivity contribution < 1.29 is 4.79 Å². The number of hydrogen-bond donors (Lipinski definition) is 2. The molecule has 7 heteroatoms. The van der Waals surface area contributed by atoms with Crippen molar-refractivity contribution in [3.63, 3.8) is 0 Å². The fraction of sp³-hybridized carbons (Fsp3) is 0.250. The Hall–Kier alpha value is -2.93. The summed E-state index contributed by atoms with van der Waals surface area (Å²) in [6.07, 6.45) is 2.77. The number of amides is 1. The molecule has 1 unspecified atom stereocenters. The maximum atomic E-state index is 12.6. The average Bonchev–Trinajstić information content (AvgIpc) is 3.17. The SMILES string of the molecule is CC(CCc1ccccc1)NC(=O)c1c[nH]c(=O)n(Cc2cccs2)c1=O. The van der Waals surface area contributed by atoms with Crippen LogP contribution in [0.25, 0.3) is 0 Å². The molecule has 0 saturated carbocycles. The molecule has 1 aromatic carbocycles. The number of carbonyl (C=O) groups is 1. The predicted molar refractivity (Wildman–Crippen MR) is 106 cm³/mol. The first-order valence-corrected chi connectivity index (χ1v) is 9.62. The molecule has 6 nitrogen and oxygen atoms in total. The molecular weight excluding hydrogens is 362 g/mol. The monoisotopic (exact) mass is 383 g/mol. The lowest BCUT2D eigenvalue weighted by atomic mass is 10.1. The molecule has 2 aromatic heterocycles. The van der Waals surface area contributed by atoms with Crippen LogP contribution in [-0.4, -0.2) is 21.5 Å². The summed E-state index contributed by atoms with van der Waals surface area (Å²) in [5, 5.41) is 4.72. The van der Waals surface area contributed by atoms with Gasteiger partial charge in [0.25, 0.3) is 11.5 Å². The molecule has 0 radical (unpaired) electrons. The van der Waals surface area contributed by atoms with Crippen molar-refractivity contribution in [3.05, 3.63) is 90.9 Å². The van der Waals surface area contributed by atoms with Crippen LogP contribution in [0.15, 0.2) is 63.6 Å². The molecule has 2 heterocycles. The number of aromatic amines is 1. The van der Waals surface area contributed by atoms with Crippen LogP contribution in [0.2, 0.25) is 0 Å². The van der Waals surface area contributed by atoms with Gasteiger partial charge >= 0.3 is 5.69 Å². The first kappa shape index (κ1) is 18.8. The first-order valence-electron chi connectivity index (χ1n) is 8.74. The van der Waals surface area contributed by atoms with Gasteiger partial charge in [-0.25, -0.2) is 4.79 Å². The van der Waals surface area contributed by atoms with E-state index >= 15 is 0 Å². The van der Waals surface area contributed by atoms with Gasteiger partial charge in [-0.15, -0.1) is 11.3 Å². The van der Waals surface area contributed by atoms with Gasteiger partial charge in [0, 0.05) is 17.1 Å². The maximum Gasteiger partial charge on any atom is 0.328 e. The minimum Gasteiger partial charge on any atom is -0.349 e. The third kappa shape index (κ3) is 4.83. The minimum absolute atomic E-state index is 0.0577. The normalized spacial score (nSPS) is 11.9. The molecular formula is C20H21N3O3S. The Morgan fingerprint density at radius 3 is 2.67 bits per heavy atom. The number of thiophene rings is 1. The molecule has 0 aliphatic heterocycles. The number of carbonyl (C=O) groups excluding carboxylic acids is 1. The van der Waals surface area contributed by atoms with Gasteiger partial charge in [0.15, 0.2) is 0 Å². The smallest absolute Gasteiger partial charge is 0.328 e. The Morgan fingerprint density at radius 1 is 1.19 bits per heavy atom. The number of aryl methyl sites for hydroxylation is 1. The van der Waals surface area contributed by atoms with E-state index in [0.717, 1.165) is 22.3 Å². The van der Waals surface area contributed by atoms with Gasteiger partial charge in [-0.3, -0.25) is 14.2 Å². The number of H-pyrrole nitrogens is 1. The van der Waals surface area contributed by atoms with Crippen LogP contribution in [0.4, 0.5) is 0 Å². The highest BCUT2D eigenvalue weighted by atomic mass is 32.1. The van der Waals surface area contributed by atoms with Gasteiger partial charge < -0.3 is 10.3 Å². The van der Waals surface area contributed by atoms with Gasteiger partial charge in [0.1, 0.15) is 5.56 Å². The van der Waals surface area contributed by atoms with Crippen LogP contribution < -0.4 is 16.6 Å². The number of aromatic nitrogens is 2. The van der Waals surface area contributed by atoms with Crippen molar-refractivity contribution in [2.24, 2.45) is 0 Å². The van der Waals surface area contributed by atoms with Crippen LogP contribution in [0.1, 0.15) is 34.1 Å². The Bertz CT molecular complexity index is 1010. The zero-order valence-corrected chi connectivity index (χ0v) is 15.8. The van der Waals surface area contributed by atoms with Crippen LogP contribution >= 0.6 is 11.3 Å².